The highest BCUT2D eigenvalue weighted by Crippen LogP contribution is 2.29. The van der Waals surface area contributed by atoms with Crippen LogP contribution in [-0.2, 0) is 28.6 Å². The molecule has 0 radical (unpaired) electrons. The number of H-pyrrole nitrogens is 1. The molecular formula is C19H16ClF3N6O2. The molecule has 1 atom stereocenters. The largest absolute Gasteiger partial charge is 0.416 e. The maximum Gasteiger partial charge on any atom is 0.416 e. The molecular weight excluding hydrogens is 437 g/mol. The molecule has 0 aliphatic rings. The van der Waals surface area contributed by atoms with Gasteiger partial charge < -0.3 is 5.32 Å². The maximum absolute atomic E-state index is 12.8. The number of carbonyl (C=O) groups excluding carboxylic acids is 2. The van der Waals surface area contributed by atoms with Gasteiger partial charge in [0, 0.05) is 11.4 Å². The molecule has 31 heavy (non-hydrogen) atoms. The molecule has 0 saturated heterocycles. The summed E-state index contributed by atoms with van der Waals surface area (Å²) in [5.74, 6) is -1.14. The van der Waals surface area contributed by atoms with Crippen LogP contribution >= 0.6 is 11.6 Å². The molecule has 1 heterocycles. The molecule has 8 nitrogen and oxygen atoms in total. The van der Waals surface area contributed by atoms with E-state index in [1.165, 1.54) is 12.1 Å². The molecule has 0 aliphatic carbocycles. The van der Waals surface area contributed by atoms with Gasteiger partial charge in [-0.15, -0.1) is 0 Å². The highest BCUT2D eigenvalue weighted by Gasteiger charge is 2.30. The Kier molecular flexibility index (Phi) is 6.85. The van der Waals surface area contributed by atoms with Crippen LogP contribution in [0.5, 0.6) is 0 Å². The Morgan fingerprint density at radius 3 is 2.45 bits per heavy atom. The molecule has 2 aromatic carbocycles. The Labute approximate surface area is 179 Å². The van der Waals surface area contributed by atoms with E-state index >= 15 is 0 Å². The number of hydrogen-bond donors (Lipinski definition) is 3. The van der Waals surface area contributed by atoms with Crippen molar-refractivity contribution in [1.82, 2.24) is 25.9 Å². The molecule has 2 amide bonds. The van der Waals surface area contributed by atoms with E-state index < -0.39 is 29.6 Å². The standard InChI is InChI=1S/C19H16ClF3N6O2/c20-14-3-1-2-12(8-14)10-16(30)24-15(17(31)25-18-26-28-29-27-18)9-11-4-6-13(7-5-11)19(21,22)23/h1-8,15H,9-10H2,(H,24,30)(H2,25,26,27,28,29,31)/t15-/m0/s1. The van der Waals surface area contributed by atoms with E-state index in [4.69, 9.17) is 11.6 Å². The predicted octanol–water partition coefficient (Wildman–Crippen LogP) is 2.78. The van der Waals surface area contributed by atoms with Gasteiger partial charge in [0.1, 0.15) is 6.04 Å². The van der Waals surface area contributed by atoms with Crippen molar-refractivity contribution < 1.29 is 22.8 Å². The van der Waals surface area contributed by atoms with Crippen molar-refractivity contribution >= 4 is 29.4 Å². The van der Waals surface area contributed by atoms with Crippen molar-refractivity contribution in [3.63, 3.8) is 0 Å². The summed E-state index contributed by atoms with van der Waals surface area (Å²) in [4.78, 5) is 25.1. The number of amides is 2. The lowest BCUT2D eigenvalue weighted by Crippen LogP contribution is -2.46. The number of hydrogen-bond acceptors (Lipinski definition) is 5. The Balaban J connectivity index is 1.73. The minimum Gasteiger partial charge on any atom is -0.344 e. The van der Waals surface area contributed by atoms with Crippen LogP contribution in [0, 0.1) is 0 Å². The first-order valence-corrected chi connectivity index (χ1v) is 9.33. The summed E-state index contributed by atoms with van der Waals surface area (Å²) in [5.41, 5.74) is 0.250. The fourth-order valence-electron chi connectivity index (χ4n) is 2.77. The number of nitrogens with one attached hydrogen (secondary N) is 3. The molecule has 12 heteroatoms. The molecule has 0 bridgehead atoms. The summed E-state index contributed by atoms with van der Waals surface area (Å²) in [6.07, 6.45) is -4.56. The van der Waals surface area contributed by atoms with Gasteiger partial charge in [-0.1, -0.05) is 41.0 Å². The quantitative estimate of drug-likeness (QED) is 0.510. The van der Waals surface area contributed by atoms with E-state index in [-0.39, 0.29) is 18.8 Å². The minimum atomic E-state index is -4.47. The molecule has 0 saturated carbocycles. The lowest BCUT2D eigenvalue weighted by molar-refractivity contribution is -0.137. The van der Waals surface area contributed by atoms with E-state index in [9.17, 15) is 22.8 Å². The van der Waals surface area contributed by atoms with Crippen molar-refractivity contribution in [2.45, 2.75) is 25.1 Å². The van der Waals surface area contributed by atoms with Crippen LogP contribution in [0.2, 0.25) is 5.02 Å². The van der Waals surface area contributed by atoms with Gasteiger partial charge in [-0.25, -0.2) is 5.10 Å². The van der Waals surface area contributed by atoms with Gasteiger partial charge in [0.05, 0.1) is 12.0 Å². The van der Waals surface area contributed by atoms with Gasteiger partial charge >= 0.3 is 6.18 Å². The van der Waals surface area contributed by atoms with Crippen molar-refractivity contribution in [3.05, 3.63) is 70.2 Å². The molecule has 3 aromatic rings. The Morgan fingerprint density at radius 1 is 1.10 bits per heavy atom. The molecule has 0 spiro atoms. The van der Waals surface area contributed by atoms with Crippen LogP contribution in [0.3, 0.4) is 0 Å². The minimum absolute atomic E-state index is 0.0356. The number of benzene rings is 2. The number of nitrogens with zero attached hydrogens (tertiary/aromatic N) is 3. The van der Waals surface area contributed by atoms with E-state index in [0.717, 1.165) is 12.1 Å². The Bertz CT molecular complexity index is 1040. The first-order chi connectivity index (χ1) is 14.7. The second kappa shape index (κ2) is 9.56. The van der Waals surface area contributed by atoms with Crippen LogP contribution in [0.1, 0.15) is 16.7 Å². The maximum atomic E-state index is 12.8. The van der Waals surface area contributed by atoms with E-state index in [0.29, 0.717) is 16.1 Å². The number of alkyl halides is 3. The first-order valence-electron chi connectivity index (χ1n) is 8.95. The van der Waals surface area contributed by atoms with Crippen LogP contribution < -0.4 is 10.6 Å². The summed E-state index contributed by atoms with van der Waals surface area (Å²) in [7, 11) is 0. The van der Waals surface area contributed by atoms with Crippen molar-refractivity contribution in [3.8, 4) is 0 Å². The fourth-order valence-corrected chi connectivity index (χ4v) is 2.98. The molecule has 0 fully saturated rings. The average molecular weight is 453 g/mol. The summed E-state index contributed by atoms with van der Waals surface area (Å²) in [6.45, 7) is 0. The third-order valence-corrected chi connectivity index (χ3v) is 4.45. The number of rotatable bonds is 7. The van der Waals surface area contributed by atoms with Gasteiger partial charge in [0.15, 0.2) is 0 Å². The lowest BCUT2D eigenvalue weighted by Gasteiger charge is -2.18. The van der Waals surface area contributed by atoms with Gasteiger partial charge in [-0.2, -0.15) is 13.2 Å². The van der Waals surface area contributed by atoms with Crippen LogP contribution in [0.25, 0.3) is 0 Å². The second-order valence-electron chi connectivity index (χ2n) is 6.56. The van der Waals surface area contributed by atoms with E-state index in [2.05, 4.69) is 31.3 Å². The molecule has 1 aromatic heterocycles. The van der Waals surface area contributed by atoms with Crippen molar-refractivity contribution in [1.29, 1.82) is 0 Å². The number of anilines is 1. The number of aromatic nitrogens is 4. The molecule has 3 rings (SSSR count). The smallest absolute Gasteiger partial charge is 0.344 e. The third kappa shape index (κ3) is 6.51. The molecule has 3 N–H and O–H groups in total. The second-order valence-corrected chi connectivity index (χ2v) is 7.00. The predicted molar refractivity (Wildman–Crippen MR) is 105 cm³/mol. The monoisotopic (exact) mass is 452 g/mol. The average Bonchev–Trinajstić information content (AvgIpc) is 3.20. The van der Waals surface area contributed by atoms with Crippen molar-refractivity contribution in [2.24, 2.45) is 0 Å². The summed E-state index contributed by atoms with van der Waals surface area (Å²) < 4.78 is 38.3. The number of halogens is 4. The fraction of sp³-hybridized carbons (Fsp3) is 0.211. The normalized spacial score (nSPS) is 12.3. The SMILES string of the molecule is O=C(Cc1cccc(Cl)c1)N[C@@H](Cc1ccc(C(F)(F)F)cc1)C(=O)Nc1nnn[nH]1. The Hall–Kier alpha value is -3.47. The van der Waals surface area contributed by atoms with Crippen molar-refractivity contribution in [2.75, 3.05) is 5.32 Å². The topological polar surface area (TPSA) is 113 Å². The molecule has 0 aliphatic heterocycles. The van der Waals surface area contributed by atoms with Crippen LogP contribution in [-0.4, -0.2) is 38.5 Å². The third-order valence-electron chi connectivity index (χ3n) is 4.21. The van der Waals surface area contributed by atoms with Crippen LogP contribution in [0.15, 0.2) is 48.5 Å². The highest BCUT2D eigenvalue weighted by molar-refractivity contribution is 6.30. The molecule has 0 unspecified atom stereocenters. The number of carbonyl (C=O) groups is 2. The summed E-state index contributed by atoms with van der Waals surface area (Å²) in [5, 5.41) is 18.0. The van der Waals surface area contributed by atoms with Gasteiger partial charge in [-0.05, 0) is 45.8 Å². The van der Waals surface area contributed by atoms with E-state index in [1.807, 2.05) is 0 Å². The lowest BCUT2D eigenvalue weighted by atomic mass is 10.0. The molecule has 162 valence electrons. The summed E-state index contributed by atoms with van der Waals surface area (Å²) >= 11 is 5.92. The van der Waals surface area contributed by atoms with Gasteiger partial charge in [0.25, 0.3) is 0 Å². The Morgan fingerprint density at radius 2 is 1.84 bits per heavy atom. The summed E-state index contributed by atoms with van der Waals surface area (Å²) in [6, 6.07) is 9.92. The first kappa shape index (κ1) is 22.2. The zero-order valence-corrected chi connectivity index (χ0v) is 16.5. The highest BCUT2D eigenvalue weighted by atomic mass is 35.5. The van der Waals surface area contributed by atoms with E-state index in [1.54, 1.807) is 24.3 Å². The zero-order valence-electron chi connectivity index (χ0n) is 15.8. The van der Waals surface area contributed by atoms with Gasteiger partial charge in [0.2, 0.25) is 17.8 Å². The number of aromatic amines is 1. The van der Waals surface area contributed by atoms with Crippen LogP contribution in [0.4, 0.5) is 19.1 Å². The van der Waals surface area contributed by atoms with Gasteiger partial charge in [-0.3, -0.25) is 14.9 Å². The number of tetrazole rings is 1. The zero-order chi connectivity index (χ0) is 22.4.